The molecule has 3 rings (SSSR count). The van der Waals surface area contributed by atoms with Gasteiger partial charge in [-0.1, -0.05) is 11.6 Å². The van der Waals surface area contributed by atoms with Gasteiger partial charge in [0.05, 0.1) is 15.2 Å². The first-order chi connectivity index (χ1) is 8.63. The maximum atomic E-state index is 13.1. The summed E-state index contributed by atoms with van der Waals surface area (Å²) in [5.41, 5.74) is 1.45. The summed E-state index contributed by atoms with van der Waals surface area (Å²) in [7, 11) is 0. The molecule has 3 nitrogen and oxygen atoms in total. The molecule has 18 heavy (non-hydrogen) atoms. The molecule has 0 unspecified atom stereocenters. The van der Waals surface area contributed by atoms with Gasteiger partial charge in [-0.15, -0.1) is 0 Å². The van der Waals surface area contributed by atoms with E-state index in [-0.39, 0.29) is 5.02 Å². The number of aromatic nitrogens is 3. The van der Waals surface area contributed by atoms with Crippen LogP contribution >= 0.6 is 27.5 Å². The summed E-state index contributed by atoms with van der Waals surface area (Å²) in [4.78, 5) is 8.51. The first-order valence-electron chi connectivity index (χ1n) is 5.09. The number of nitrogens with zero attached hydrogens (tertiary/aromatic N) is 3. The smallest absolute Gasteiger partial charge is 0.234 e. The molecular weight excluding hydrogens is 321 g/mol. The van der Waals surface area contributed by atoms with Crippen LogP contribution in [0, 0.1) is 5.82 Å². The second-order valence-electron chi connectivity index (χ2n) is 3.73. The van der Waals surface area contributed by atoms with Crippen molar-refractivity contribution in [2.75, 3.05) is 0 Å². The number of halogens is 3. The maximum Gasteiger partial charge on any atom is 0.234 e. The normalized spacial score (nSPS) is 11.1. The second-order valence-corrected chi connectivity index (χ2v) is 5.06. The fourth-order valence-electron chi connectivity index (χ4n) is 1.65. The van der Waals surface area contributed by atoms with Crippen molar-refractivity contribution in [2.45, 2.75) is 0 Å². The van der Waals surface area contributed by atoms with Gasteiger partial charge in [0.2, 0.25) is 5.78 Å². The minimum absolute atomic E-state index is 0.0821. The Morgan fingerprint density at radius 1 is 1.28 bits per heavy atom. The summed E-state index contributed by atoms with van der Waals surface area (Å²) in [5, 5.41) is 0.0821. The molecule has 0 saturated carbocycles. The Kier molecular flexibility index (Phi) is 2.80. The highest BCUT2D eigenvalue weighted by molar-refractivity contribution is 9.10. The number of benzene rings is 1. The van der Waals surface area contributed by atoms with Gasteiger partial charge in [-0.3, -0.25) is 4.40 Å². The van der Waals surface area contributed by atoms with Gasteiger partial charge in [-0.25, -0.2) is 14.4 Å². The molecule has 1 aromatic carbocycles. The molecule has 0 N–H and O–H groups in total. The SMILES string of the molecule is Fc1ccc(-c2cn3cc(Br)cnc3n2)cc1Cl. The zero-order valence-corrected chi connectivity index (χ0v) is 11.3. The molecule has 0 bridgehead atoms. The van der Waals surface area contributed by atoms with Crippen LogP contribution in [0.5, 0.6) is 0 Å². The molecule has 90 valence electrons. The minimum Gasteiger partial charge on any atom is -0.289 e. The van der Waals surface area contributed by atoms with E-state index in [1.165, 1.54) is 6.07 Å². The van der Waals surface area contributed by atoms with Crippen molar-refractivity contribution in [3.8, 4) is 11.3 Å². The van der Waals surface area contributed by atoms with E-state index in [2.05, 4.69) is 25.9 Å². The zero-order chi connectivity index (χ0) is 12.7. The zero-order valence-electron chi connectivity index (χ0n) is 8.94. The van der Waals surface area contributed by atoms with E-state index in [9.17, 15) is 4.39 Å². The lowest BCUT2D eigenvalue weighted by atomic mass is 10.2. The van der Waals surface area contributed by atoms with E-state index in [0.29, 0.717) is 11.5 Å². The lowest BCUT2D eigenvalue weighted by Gasteiger charge is -1.97. The van der Waals surface area contributed by atoms with Crippen LogP contribution in [0.3, 0.4) is 0 Å². The van der Waals surface area contributed by atoms with Crippen LogP contribution in [0.2, 0.25) is 5.02 Å². The Hall–Kier alpha value is -1.46. The molecule has 0 atom stereocenters. The largest absolute Gasteiger partial charge is 0.289 e. The van der Waals surface area contributed by atoms with Crippen molar-refractivity contribution in [3.05, 3.63) is 52.1 Å². The molecule has 6 heteroatoms. The molecule has 2 heterocycles. The van der Waals surface area contributed by atoms with Crippen LogP contribution in [0.15, 0.2) is 41.3 Å². The fourth-order valence-corrected chi connectivity index (χ4v) is 2.16. The van der Waals surface area contributed by atoms with Gasteiger partial charge in [-0.2, -0.15) is 0 Å². The fraction of sp³-hybridized carbons (Fsp3) is 0. The average molecular weight is 327 g/mol. The average Bonchev–Trinajstić information content (AvgIpc) is 2.75. The number of imidazole rings is 1. The first-order valence-corrected chi connectivity index (χ1v) is 6.26. The van der Waals surface area contributed by atoms with Crippen LogP contribution in [0.25, 0.3) is 17.0 Å². The summed E-state index contributed by atoms with van der Waals surface area (Å²) in [5.74, 6) is 0.138. The predicted molar refractivity (Wildman–Crippen MR) is 71.1 cm³/mol. The molecule has 0 spiro atoms. The highest BCUT2D eigenvalue weighted by Crippen LogP contribution is 2.24. The van der Waals surface area contributed by atoms with Crippen LogP contribution in [-0.4, -0.2) is 14.4 Å². The molecule has 2 aromatic heterocycles. The summed E-state index contributed by atoms with van der Waals surface area (Å²) < 4.78 is 15.7. The third-order valence-electron chi connectivity index (χ3n) is 2.49. The number of hydrogen-bond donors (Lipinski definition) is 0. The molecule has 0 aliphatic carbocycles. The maximum absolute atomic E-state index is 13.1. The molecule has 0 amide bonds. The van der Waals surface area contributed by atoms with Gasteiger partial charge in [-0.05, 0) is 34.1 Å². The van der Waals surface area contributed by atoms with Crippen molar-refractivity contribution < 1.29 is 4.39 Å². The van der Waals surface area contributed by atoms with Crippen molar-refractivity contribution in [3.63, 3.8) is 0 Å². The van der Waals surface area contributed by atoms with Crippen molar-refractivity contribution in [1.29, 1.82) is 0 Å². The lowest BCUT2D eigenvalue weighted by molar-refractivity contribution is 0.628. The van der Waals surface area contributed by atoms with E-state index in [1.54, 1.807) is 22.7 Å². The third kappa shape index (κ3) is 2.00. The third-order valence-corrected chi connectivity index (χ3v) is 3.19. The van der Waals surface area contributed by atoms with E-state index in [1.807, 2.05) is 12.4 Å². The second kappa shape index (κ2) is 4.33. The summed E-state index contributed by atoms with van der Waals surface area (Å²) in [6.07, 6.45) is 5.34. The standard InChI is InChI=1S/C12H6BrClFN3/c13-8-4-16-12-17-11(6-18(12)5-8)7-1-2-10(15)9(14)3-7/h1-6H. The first kappa shape index (κ1) is 11.6. The molecule has 0 fully saturated rings. The van der Waals surface area contributed by atoms with Crippen LogP contribution < -0.4 is 0 Å². The molecule has 0 aliphatic rings. The lowest BCUT2D eigenvalue weighted by Crippen LogP contribution is -1.85. The van der Waals surface area contributed by atoms with E-state index in [0.717, 1.165) is 10.0 Å². The van der Waals surface area contributed by atoms with E-state index < -0.39 is 5.82 Å². The molecule has 3 aromatic rings. The highest BCUT2D eigenvalue weighted by Gasteiger charge is 2.08. The van der Waals surface area contributed by atoms with E-state index >= 15 is 0 Å². The van der Waals surface area contributed by atoms with E-state index in [4.69, 9.17) is 11.6 Å². The monoisotopic (exact) mass is 325 g/mol. The van der Waals surface area contributed by atoms with Crippen LogP contribution in [0.1, 0.15) is 0 Å². The van der Waals surface area contributed by atoms with Gasteiger partial charge >= 0.3 is 0 Å². The Morgan fingerprint density at radius 3 is 2.89 bits per heavy atom. The molecule has 0 saturated heterocycles. The van der Waals surface area contributed by atoms with Gasteiger partial charge < -0.3 is 0 Å². The summed E-state index contributed by atoms with van der Waals surface area (Å²) >= 11 is 9.09. The Bertz CT molecular complexity index is 741. The van der Waals surface area contributed by atoms with Crippen molar-refractivity contribution in [2.24, 2.45) is 0 Å². The van der Waals surface area contributed by atoms with Gasteiger partial charge in [0.15, 0.2) is 0 Å². The summed E-state index contributed by atoms with van der Waals surface area (Å²) in [6, 6.07) is 4.51. The minimum atomic E-state index is -0.440. The summed E-state index contributed by atoms with van der Waals surface area (Å²) in [6.45, 7) is 0. The Labute approximate surface area is 115 Å². The van der Waals surface area contributed by atoms with Gasteiger partial charge in [0.25, 0.3) is 0 Å². The number of rotatable bonds is 1. The quantitative estimate of drug-likeness (QED) is 0.678. The van der Waals surface area contributed by atoms with Crippen LogP contribution in [-0.2, 0) is 0 Å². The predicted octanol–water partition coefficient (Wildman–Crippen LogP) is 3.95. The van der Waals surface area contributed by atoms with Gasteiger partial charge in [0.1, 0.15) is 5.82 Å². The number of hydrogen-bond acceptors (Lipinski definition) is 2. The van der Waals surface area contributed by atoms with Crippen molar-refractivity contribution in [1.82, 2.24) is 14.4 Å². The van der Waals surface area contributed by atoms with Gasteiger partial charge in [0, 0.05) is 24.2 Å². The number of fused-ring (bicyclic) bond motifs is 1. The van der Waals surface area contributed by atoms with Crippen molar-refractivity contribution >= 4 is 33.3 Å². The highest BCUT2D eigenvalue weighted by atomic mass is 79.9. The molecule has 0 aliphatic heterocycles. The molecular formula is C12H6BrClFN3. The Balaban J connectivity index is 2.16. The molecule has 0 radical (unpaired) electrons. The van der Waals surface area contributed by atoms with Crippen LogP contribution in [0.4, 0.5) is 4.39 Å². The Morgan fingerprint density at radius 2 is 2.11 bits per heavy atom. The topological polar surface area (TPSA) is 30.2 Å².